The predicted molar refractivity (Wildman–Crippen MR) is 159 cm³/mol. The molecule has 0 saturated heterocycles. The van der Waals surface area contributed by atoms with E-state index >= 15 is 0 Å². The highest BCUT2D eigenvalue weighted by molar-refractivity contribution is 9.10. The lowest BCUT2D eigenvalue weighted by Gasteiger charge is -2.40. The zero-order valence-corrected chi connectivity index (χ0v) is 23.4. The van der Waals surface area contributed by atoms with Gasteiger partial charge in [0.2, 0.25) is 0 Å². The van der Waals surface area contributed by atoms with Gasteiger partial charge in [0.05, 0.1) is 30.6 Å². The van der Waals surface area contributed by atoms with Gasteiger partial charge in [0, 0.05) is 11.0 Å². The van der Waals surface area contributed by atoms with Gasteiger partial charge in [-0.25, -0.2) is 0 Å². The lowest BCUT2D eigenvalue weighted by Crippen LogP contribution is -2.45. The summed E-state index contributed by atoms with van der Waals surface area (Å²) in [6.07, 6.45) is 1.80. The van der Waals surface area contributed by atoms with Crippen molar-refractivity contribution in [2.75, 3.05) is 19.7 Å². The third-order valence-corrected chi connectivity index (χ3v) is 7.72. The van der Waals surface area contributed by atoms with Gasteiger partial charge >= 0.3 is 0 Å². The van der Waals surface area contributed by atoms with E-state index in [1.54, 1.807) is 6.08 Å². The van der Waals surface area contributed by atoms with Crippen LogP contribution in [0.1, 0.15) is 27.6 Å². The van der Waals surface area contributed by atoms with Crippen LogP contribution in [0.15, 0.2) is 132 Å². The van der Waals surface area contributed by atoms with Gasteiger partial charge in [-0.3, -0.25) is 4.90 Å². The van der Waals surface area contributed by atoms with Crippen molar-refractivity contribution < 1.29 is 4.74 Å². The maximum Gasteiger partial charge on any atom is 0.143 e. The Bertz CT molecular complexity index is 1230. The average Bonchev–Trinajstić information content (AvgIpc) is 2.97. The van der Waals surface area contributed by atoms with E-state index in [1.165, 1.54) is 0 Å². The summed E-state index contributed by atoms with van der Waals surface area (Å²) in [6.45, 7) is 4.91. The van der Waals surface area contributed by atoms with Gasteiger partial charge in [-0.05, 0) is 34.4 Å². The molecular weight excluding hydrogens is 556 g/mol. The van der Waals surface area contributed by atoms with Gasteiger partial charge in [-0.15, -0.1) is 18.2 Å². The summed E-state index contributed by atoms with van der Waals surface area (Å²) in [6, 6.07) is 40.7. The molecule has 0 aliphatic rings. The van der Waals surface area contributed by atoms with Gasteiger partial charge in [-0.1, -0.05) is 125 Å². The number of rotatable bonds is 12. The summed E-state index contributed by atoms with van der Waals surface area (Å²) in [4.78, 5) is 2.03. The number of alkyl halides is 1. The minimum Gasteiger partial charge on any atom is -0.359 e. The molecule has 4 aromatic carbocycles. The van der Waals surface area contributed by atoms with Crippen LogP contribution in [0, 0.1) is 11.3 Å². The summed E-state index contributed by atoms with van der Waals surface area (Å²) in [5.41, 5.74) is 3.12. The fraction of sp³-hybridized carbons (Fsp3) is 0.182. The van der Waals surface area contributed by atoms with Crippen molar-refractivity contribution >= 4 is 27.5 Å². The molecule has 0 radical (unpaired) electrons. The fourth-order valence-corrected chi connectivity index (χ4v) is 5.44. The zero-order valence-electron chi connectivity index (χ0n) is 21.1. The van der Waals surface area contributed by atoms with Gasteiger partial charge in [-0.2, -0.15) is 5.26 Å². The molecule has 0 aliphatic carbocycles. The Morgan fingerprint density at radius 3 is 1.74 bits per heavy atom. The molecule has 0 unspecified atom stereocenters. The monoisotopic (exact) mass is 584 g/mol. The number of benzene rings is 4. The summed E-state index contributed by atoms with van der Waals surface area (Å²) in [5.74, 6) is 0. The highest BCUT2D eigenvalue weighted by Gasteiger charge is 2.39. The molecule has 38 heavy (non-hydrogen) atoms. The van der Waals surface area contributed by atoms with E-state index in [0.717, 1.165) is 26.7 Å². The summed E-state index contributed by atoms with van der Waals surface area (Å²) >= 11 is 10.7. The van der Waals surface area contributed by atoms with Crippen LogP contribution in [-0.2, 0) is 10.3 Å². The molecule has 0 heterocycles. The molecule has 0 fully saturated rings. The first-order valence-corrected chi connectivity index (χ1v) is 13.7. The minimum absolute atomic E-state index is 0.203. The second-order valence-electron chi connectivity index (χ2n) is 8.99. The van der Waals surface area contributed by atoms with Crippen LogP contribution in [0.2, 0.25) is 0 Å². The molecule has 0 bridgehead atoms. The predicted octanol–water partition coefficient (Wildman–Crippen LogP) is 8.12. The molecule has 0 saturated carbocycles. The molecule has 3 nitrogen and oxygen atoms in total. The minimum atomic E-state index is -0.884. The van der Waals surface area contributed by atoms with Crippen molar-refractivity contribution in [2.24, 2.45) is 0 Å². The van der Waals surface area contributed by atoms with Crippen LogP contribution in [0.5, 0.6) is 0 Å². The Balaban J connectivity index is 1.83. The van der Waals surface area contributed by atoms with Crippen LogP contribution in [0.4, 0.5) is 0 Å². The van der Waals surface area contributed by atoms with Crippen LogP contribution in [-0.4, -0.2) is 30.6 Å². The van der Waals surface area contributed by atoms with E-state index < -0.39 is 11.0 Å². The average molecular weight is 586 g/mol. The molecule has 4 aromatic rings. The zero-order chi connectivity index (χ0) is 26.8. The third-order valence-electron chi connectivity index (χ3n) is 6.64. The Labute approximate surface area is 239 Å². The Hall–Kier alpha value is -3.20. The second-order valence-corrected chi connectivity index (χ2v) is 10.4. The molecular formula is C33H30BrClN2O. The summed E-state index contributed by atoms with van der Waals surface area (Å²) in [5, 5.41) is 9.23. The molecule has 2 atom stereocenters. The van der Waals surface area contributed by atoms with E-state index in [-0.39, 0.29) is 19.2 Å². The Morgan fingerprint density at radius 2 is 1.32 bits per heavy atom. The van der Waals surface area contributed by atoms with Crippen LogP contribution >= 0.6 is 27.5 Å². The fourth-order valence-electron chi connectivity index (χ4n) is 4.80. The molecule has 192 valence electrons. The first-order valence-electron chi connectivity index (χ1n) is 12.5. The Morgan fingerprint density at radius 1 is 0.842 bits per heavy atom. The quantitative estimate of drug-likeness (QED) is 0.0729. The maximum atomic E-state index is 9.65. The van der Waals surface area contributed by atoms with E-state index in [9.17, 15) is 5.26 Å². The van der Waals surface area contributed by atoms with Gasteiger partial charge in [0.25, 0.3) is 0 Å². The van der Waals surface area contributed by atoms with E-state index in [4.69, 9.17) is 16.3 Å². The van der Waals surface area contributed by atoms with Gasteiger partial charge in [0.15, 0.2) is 0 Å². The lowest BCUT2D eigenvalue weighted by molar-refractivity contribution is -0.0206. The second kappa shape index (κ2) is 13.6. The van der Waals surface area contributed by atoms with Crippen molar-refractivity contribution in [1.29, 1.82) is 5.26 Å². The van der Waals surface area contributed by atoms with Gasteiger partial charge in [0.1, 0.15) is 5.60 Å². The maximum absolute atomic E-state index is 9.65. The number of nitriles is 1. The largest absolute Gasteiger partial charge is 0.359 e. The highest BCUT2D eigenvalue weighted by Crippen LogP contribution is 2.41. The summed E-state index contributed by atoms with van der Waals surface area (Å²) < 4.78 is 8.09. The Kier molecular flexibility index (Phi) is 9.92. The molecule has 0 amide bonds. The van der Waals surface area contributed by atoms with E-state index in [2.05, 4.69) is 65.0 Å². The van der Waals surface area contributed by atoms with Crippen LogP contribution in [0.3, 0.4) is 0 Å². The molecule has 5 heteroatoms. The molecule has 0 spiro atoms. The SMILES string of the molecule is C=CCN(CC#N)[C@H](COC(c1ccccc1)(c1ccccc1)c1ccccc1)[C@@H](Cl)c1ccc(Br)cc1. The summed E-state index contributed by atoms with van der Waals surface area (Å²) in [7, 11) is 0. The first kappa shape index (κ1) is 27.8. The van der Waals surface area contributed by atoms with Crippen molar-refractivity contribution in [3.8, 4) is 6.07 Å². The number of hydrogen-bond donors (Lipinski definition) is 0. The van der Waals surface area contributed by atoms with Crippen molar-refractivity contribution in [3.63, 3.8) is 0 Å². The van der Waals surface area contributed by atoms with Crippen molar-refractivity contribution in [2.45, 2.75) is 17.0 Å². The number of halogens is 2. The molecule has 0 aromatic heterocycles. The molecule has 0 N–H and O–H groups in total. The number of hydrogen-bond acceptors (Lipinski definition) is 3. The number of ether oxygens (including phenoxy) is 1. The molecule has 0 aliphatic heterocycles. The van der Waals surface area contributed by atoms with Crippen LogP contribution < -0.4 is 0 Å². The third kappa shape index (κ3) is 6.26. The van der Waals surface area contributed by atoms with Crippen molar-refractivity contribution in [1.82, 2.24) is 4.90 Å². The highest BCUT2D eigenvalue weighted by atomic mass is 79.9. The lowest BCUT2D eigenvalue weighted by atomic mass is 9.80. The smallest absolute Gasteiger partial charge is 0.143 e. The number of nitrogens with zero attached hydrogens (tertiary/aromatic N) is 2. The van der Waals surface area contributed by atoms with Crippen molar-refractivity contribution in [3.05, 3.63) is 155 Å². The first-order chi connectivity index (χ1) is 18.6. The van der Waals surface area contributed by atoms with Gasteiger partial charge < -0.3 is 4.74 Å². The normalized spacial score (nSPS) is 13.0. The topological polar surface area (TPSA) is 36.3 Å². The van der Waals surface area contributed by atoms with Crippen LogP contribution in [0.25, 0.3) is 0 Å². The van der Waals surface area contributed by atoms with E-state index in [1.807, 2.05) is 83.8 Å². The van der Waals surface area contributed by atoms with E-state index in [0.29, 0.717) is 6.54 Å². The molecule has 4 rings (SSSR count). The standard InChI is InChI=1S/C33H30BrClN2O/c1-2-23-37(24-22-36)31(32(35)26-18-20-30(34)21-19-26)25-38-33(27-12-6-3-7-13-27,28-14-8-4-9-15-28)29-16-10-5-11-17-29/h2-21,31-32H,1,23-25H2/t31-,32+/m1/s1.